The third-order valence-electron chi connectivity index (χ3n) is 10.3. The van der Waals surface area contributed by atoms with Crippen molar-refractivity contribution < 1.29 is 31.8 Å². The smallest absolute Gasteiger partial charge is 0.417 e. The number of nitrogens with two attached hydrogens (primary N) is 1. The van der Waals surface area contributed by atoms with E-state index in [-0.39, 0.29) is 69.8 Å². The summed E-state index contributed by atoms with van der Waals surface area (Å²) in [6.07, 6.45) is -1.55. The van der Waals surface area contributed by atoms with Crippen LogP contribution < -0.4 is 25.4 Å². The molecule has 0 radical (unpaired) electrons. The van der Waals surface area contributed by atoms with Crippen LogP contribution in [0.1, 0.15) is 43.7 Å². The topological polar surface area (TPSA) is 111 Å². The molecule has 2 aromatic heterocycles. The molecule has 0 unspecified atom stereocenters. The van der Waals surface area contributed by atoms with Gasteiger partial charge in [-0.15, -0.1) is 0 Å². The maximum Gasteiger partial charge on any atom is 0.417 e. The summed E-state index contributed by atoms with van der Waals surface area (Å²) in [4.78, 5) is 18.2. The van der Waals surface area contributed by atoms with E-state index in [0.29, 0.717) is 31.6 Å². The highest BCUT2D eigenvalue weighted by Crippen LogP contribution is 2.48. The van der Waals surface area contributed by atoms with E-state index < -0.39 is 34.9 Å². The van der Waals surface area contributed by atoms with Crippen molar-refractivity contribution >= 4 is 34.0 Å². The summed E-state index contributed by atoms with van der Waals surface area (Å²) in [5.41, 5.74) is 3.07. The number of nitrogens with one attached hydrogen (secondary N) is 1. The molecule has 7 heterocycles. The molecule has 4 saturated heterocycles. The summed E-state index contributed by atoms with van der Waals surface area (Å²) in [7, 11) is 0. The predicted octanol–water partition coefficient (Wildman–Crippen LogP) is 4.73. The Hall–Kier alpha value is -3.20. The Balaban J connectivity index is 1.30. The number of hydrogen-bond acceptors (Lipinski definition) is 10. The minimum absolute atomic E-state index is 0.0445. The van der Waals surface area contributed by atoms with E-state index in [0.717, 1.165) is 38.3 Å². The number of nitrogens with zero attached hydrogens (tertiary/aromatic N) is 5. The van der Waals surface area contributed by atoms with Crippen LogP contribution in [0.5, 0.6) is 11.9 Å². The first kappa shape index (κ1) is 30.2. The number of morpholine rings is 1. The van der Waals surface area contributed by atoms with Crippen LogP contribution in [0.4, 0.5) is 29.1 Å². The number of piperazine rings is 1. The fourth-order valence-corrected chi connectivity index (χ4v) is 8.35. The monoisotopic (exact) mass is 663 g/mol. The molecule has 246 valence electrons. The lowest BCUT2D eigenvalue weighted by Crippen LogP contribution is -2.62. The summed E-state index contributed by atoms with van der Waals surface area (Å²) in [5, 5.41) is 3.59. The molecular weight excluding hydrogens is 630 g/mol. The lowest BCUT2D eigenvalue weighted by molar-refractivity contribution is -0.137. The number of ether oxygens (including phenoxy) is 3. The maximum atomic E-state index is 16.8. The Morgan fingerprint density at radius 1 is 1.17 bits per heavy atom. The third kappa shape index (κ3) is 4.74. The van der Waals surface area contributed by atoms with E-state index in [2.05, 4.69) is 25.1 Å². The van der Waals surface area contributed by atoms with Gasteiger partial charge < -0.3 is 30.2 Å². The van der Waals surface area contributed by atoms with Gasteiger partial charge in [-0.2, -0.15) is 23.1 Å². The average molecular weight is 664 g/mol. The fourth-order valence-electron chi connectivity index (χ4n) is 8.20. The average Bonchev–Trinajstić information content (AvgIpc) is 3.58. The zero-order valence-electron chi connectivity index (χ0n) is 25.3. The van der Waals surface area contributed by atoms with Crippen LogP contribution in [-0.2, 0) is 10.9 Å². The van der Waals surface area contributed by atoms with Gasteiger partial charge in [0.2, 0.25) is 5.88 Å². The summed E-state index contributed by atoms with van der Waals surface area (Å²) >= 11 is 6.14. The zero-order valence-corrected chi connectivity index (χ0v) is 26.1. The van der Waals surface area contributed by atoms with E-state index in [4.69, 9.17) is 36.5 Å². The second kappa shape index (κ2) is 10.9. The number of fused-ring (bicyclic) bond motifs is 6. The summed E-state index contributed by atoms with van der Waals surface area (Å²) in [6.45, 7) is 6.07. The van der Waals surface area contributed by atoms with Crippen molar-refractivity contribution in [2.24, 2.45) is 0 Å². The Bertz CT molecular complexity index is 1730. The van der Waals surface area contributed by atoms with Gasteiger partial charge in [-0.3, -0.25) is 4.90 Å². The molecule has 46 heavy (non-hydrogen) atoms. The van der Waals surface area contributed by atoms with Gasteiger partial charge in [-0.1, -0.05) is 11.6 Å². The van der Waals surface area contributed by atoms with Crippen LogP contribution in [0.25, 0.3) is 22.2 Å². The first-order valence-corrected chi connectivity index (χ1v) is 16.1. The molecule has 5 aliphatic rings. The quantitative estimate of drug-likeness (QED) is 0.300. The first-order valence-electron chi connectivity index (χ1n) is 15.7. The van der Waals surface area contributed by atoms with Crippen molar-refractivity contribution in [1.82, 2.24) is 25.2 Å². The molecule has 5 aliphatic heterocycles. The third-order valence-corrected chi connectivity index (χ3v) is 10.8. The van der Waals surface area contributed by atoms with Crippen molar-refractivity contribution in [2.75, 3.05) is 43.5 Å². The molecule has 10 nitrogen and oxygen atoms in total. The van der Waals surface area contributed by atoms with E-state index in [1.54, 1.807) is 0 Å². The van der Waals surface area contributed by atoms with E-state index in [1.807, 2.05) is 6.92 Å². The number of halogens is 5. The number of pyridine rings is 1. The molecular formula is C31H34ClF4N7O3. The lowest BCUT2D eigenvalue weighted by Gasteiger charge is -2.42. The second-order valence-electron chi connectivity index (χ2n) is 13.0. The number of benzene rings is 1. The summed E-state index contributed by atoms with van der Waals surface area (Å²) in [6, 6.07) is 1.49. The second-order valence-corrected chi connectivity index (χ2v) is 13.4. The number of anilines is 2. The van der Waals surface area contributed by atoms with Crippen LogP contribution >= 0.6 is 11.6 Å². The van der Waals surface area contributed by atoms with Gasteiger partial charge in [-0.25, -0.2) is 9.37 Å². The van der Waals surface area contributed by atoms with Crippen LogP contribution in [-0.4, -0.2) is 89.1 Å². The number of nitrogen functional groups attached to an aromatic ring is 1. The summed E-state index contributed by atoms with van der Waals surface area (Å²) < 4.78 is 78.5. The van der Waals surface area contributed by atoms with Gasteiger partial charge in [0, 0.05) is 42.8 Å². The lowest BCUT2D eigenvalue weighted by atomic mass is 9.96. The molecule has 0 aliphatic carbocycles. The van der Waals surface area contributed by atoms with Crippen molar-refractivity contribution in [2.45, 2.75) is 82.0 Å². The highest BCUT2D eigenvalue weighted by molar-refractivity contribution is 6.34. The standard InChI is InChI=1S/C31H34ClF4N7O3/c1-13-22(31(34,35)36)18(9-19(37)23(13)32)25-24(33)26-21-28(41-30(40-26)45-12-17-5-4-16-11-44-8-7-42(16)17)43-10-15-3-6-20(38-15)27(43)14(2)46-29(21)39-25/h9,14-17,20,27,38H,3-8,10-12,37H2,1-2H3/t14-,15+,16-,17-,20-,27+/m0/s1. The minimum atomic E-state index is -4.88. The molecule has 0 spiro atoms. The normalized spacial score (nSPS) is 29.0. The fraction of sp³-hybridized carbons (Fsp3) is 0.581. The van der Waals surface area contributed by atoms with Gasteiger partial charge in [0.25, 0.3) is 0 Å². The molecule has 0 saturated carbocycles. The van der Waals surface area contributed by atoms with Gasteiger partial charge in [-0.05, 0) is 51.2 Å². The number of alkyl halides is 3. The van der Waals surface area contributed by atoms with Crippen LogP contribution in [0.3, 0.4) is 0 Å². The van der Waals surface area contributed by atoms with Gasteiger partial charge in [0.05, 0.1) is 35.5 Å². The van der Waals surface area contributed by atoms with Crippen molar-refractivity contribution in [3.05, 3.63) is 28.0 Å². The van der Waals surface area contributed by atoms with Crippen molar-refractivity contribution in [1.29, 1.82) is 0 Å². The first-order chi connectivity index (χ1) is 22.0. The Kier molecular flexibility index (Phi) is 7.16. The highest BCUT2D eigenvalue weighted by atomic mass is 35.5. The molecule has 4 fully saturated rings. The van der Waals surface area contributed by atoms with Crippen LogP contribution in [0.2, 0.25) is 5.02 Å². The predicted molar refractivity (Wildman–Crippen MR) is 163 cm³/mol. The molecule has 6 atom stereocenters. The molecule has 1 aromatic carbocycles. The SMILES string of the molecule is Cc1c(Cl)c(N)cc(-c2nc3c4c(nc(OC[C@@H]5CC[C@H]6COCCN65)nc4c2F)N2C[C@H]4CC[C@H](N4)[C@H]2[C@H](C)O3)c1C(F)(F)F. The largest absolute Gasteiger partial charge is 0.472 e. The van der Waals surface area contributed by atoms with Crippen LogP contribution in [0, 0.1) is 12.7 Å². The minimum Gasteiger partial charge on any atom is -0.472 e. The zero-order chi connectivity index (χ0) is 32.1. The van der Waals surface area contributed by atoms with E-state index in [9.17, 15) is 13.2 Å². The Morgan fingerprint density at radius 3 is 2.80 bits per heavy atom. The maximum absolute atomic E-state index is 16.8. The van der Waals surface area contributed by atoms with Crippen molar-refractivity contribution in [3.63, 3.8) is 0 Å². The molecule has 8 rings (SSSR count). The number of hydrogen-bond donors (Lipinski definition) is 2. The van der Waals surface area contributed by atoms with Gasteiger partial charge in [0.1, 0.15) is 35.1 Å². The van der Waals surface area contributed by atoms with E-state index >= 15 is 4.39 Å². The molecule has 3 N–H and O–H groups in total. The Labute approximate surface area is 267 Å². The van der Waals surface area contributed by atoms with Crippen molar-refractivity contribution in [3.8, 4) is 23.1 Å². The van der Waals surface area contributed by atoms with Crippen LogP contribution in [0.15, 0.2) is 6.07 Å². The van der Waals surface area contributed by atoms with Gasteiger partial charge in [0.15, 0.2) is 5.82 Å². The highest BCUT2D eigenvalue weighted by Gasteiger charge is 2.47. The molecule has 0 amide bonds. The molecule has 2 bridgehead atoms. The Morgan fingerprint density at radius 2 is 2.00 bits per heavy atom. The molecule has 3 aromatic rings. The van der Waals surface area contributed by atoms with Gasteiger partial charge >= 0.3 is 12.2 Å². The van der Waals surface area contributed by atoms with E-state index in [1.165, 1.54) is 6.92 Å². The number of rotatable bonds is 4. The summed E-state index contributed by atoms with van der Waals surface area (Å²) in [5.74, 6) is -0.697. The number of aromatic nitrogens is 3. The molecule has 15 heteroatoms.